The van der Waals surface area contributed by atoms with E-state index >= 15 is 0 Å². The van der Waals surface area contributed by atoms with Gasteiger partial charge in [-0.25, -0.2) is 0 Å². The standard InChI is InChI=1S/C25H17ClF6N2O2/c1-2-13-12-33-21-8-7-17(11-18(13)21)36-22-19(24(27,28)29)9-16(10-20(22)25(30,31)32)34-23(35)14-3-5-15(26)6-4-14/h3-12,33H,2H2,1H3,(H,34,35). The molecule has 0 saturated carbocycles. The van der Waals surface area contributed by atoms with Crippen LogP contribution in [0.2, 0.25) is 5.02 Å². The Bertz CT molecular complexity index is 1390. The Morgan fingerprint density at radius 1 is 0.944 bits per heavy atom. The first-order chi connectivity index (χ1) is 16.9. The third-order valence-electron chi connectivity index (χ3n) is 5.40. The summed E-state index contributed by atoms with van der Waals surface area (Å²) in [5.41, 5.74) is -2.60. The van der Waals surface area contributed by atoms with E-state index in [-0.39, 0.29) is 11.3 Å². The number of fused-ring (bicyclic) bond motifs is 1. The molecule has 1 aromatic heterocycles. The van der Waals surface area contributed by atoms with E-state index in [4.69, 9.17) is 16.3 Å². The van der Waals surface area contributed by atoms with Gasteiger partial charge in [0.2, 0.25) is 0 Å². The molecule has 0 fully saturated rings. The van der Waals surface area contributed by atoms with Crippen LogP contribution in [0.4, 0.5) is 32.0 Å². The summed E-state index contributed by atoms with van der Waals surface area (Å²) in [6.45, 7) is 1.86. The fourth-order valence-corrected chi connectivity index (χ4v) is 3.79. The molecule has 188 valence electrons. The molecule has 4 rings (SSSR count). The van der Waals surface area contributed by atoms with Gasteiger partial charge in [0.1, 0.15) is 16.9 Å². The largest absolute Gasteiger partial charge is 0.456 e. The minimum absolute atomic E-state index is 0.00613. The number of anilines is 1. The molecule has 0 bridgehead atoms. The van der Waals surface area contributed by atoms with Gasteiger partial charge in [-0.3, -0.25) is 4.79 Å². The molecule has 0 aliphatic rings. The number of aromatic nitrogens is 1. The topological polar surface area (TPSA) is 54.1 Å². The highest BCUT2D eigenvalue weighted by Crippen LogP contribution is 2.47. The van der Waals surface area contributed by atoms with Crippen molar-refractivity contribution in [2.45, 2.75) is 25.7 Å². The van der Waals surface area contributed by atoms with Crippen molar-refractivity contribution in [3.63, 3.8) is 0 Å². The Balaban J connectivity index is 1.80. The lowest BCUT2D eigenvalue weighted by Crippen LogP contribution is -2.17. The molecule has 3 aromatic carbocycles. The quantitative estimate of drug-likeness (QED) is 0.256. The Kier molecular flexibility index (Phi) is 6.66. The number of carbonyl (C=O) groups excluding carboxylic acids is 1. The molecule has 1 amide bonds. The second-order valence-electron chi connectivity index (χ2n) is 7.83. The van der Waals surface area contributed by atoms with E-state index in [1.807, 2.05) is 6.92 Å². The number of aryl methyl sites for hydroxylation is 1. The number of amides is 1. The number of ether oxygens (including phenoxy) is 1. The lowest BCUT2D eigenvalue weighted by atomic mass is 10.0. The van der Waals surface area contributed by atoms with Gasteiger partial charge in [0.05, 0.1) is 0 Å². The predicted molar refractivity (Wildman–Crippen MR) is 124 cm³/mol. The van der Waals surface area contributed by atoms with Crippen LogP contribution in [0.1, 0.15) is 34.0 Å². The molecule has 11 heteroatoms. The lowest BCUT2D eigenvalue weighted by Gasteiger charge is -2.21. The number of H-pyrrole nitrogens is 1. The Hall–Kier alpha value is -3.66. The van der Waals surface area contributed by atoms with E-state index in [1.165, 1.54) is 42.5 Å². The molecule has 0 saturated heterocycles. The summed E-state index contributed by atoms with van der Waals surface area (Å²) in [7, 11) is 0. The van der Waals surface area contributed by atoms with Crippen LogP contribution in [0.15, 0.2) is 60.8 Å². The van der Waals surface area contributed by atoms with Crippen LogP contribution in [0, 0.1) is 0 Å². The third kappa shape index (κ3) is 5.28. The van der Waals surface area contributed by atoms with Crippen molar-refractivity contribution in [1.82, 2.24) is 4.98 Å². The van der Waals surface area contributed by atoms with Gasteiger partial charge in [-0.2, -0.15) is 26.3 Å². The zero-order chi connectivity index (χ0) is 26.3. The molecule has 1 heterocycles. The van der Waals surface area contributed by atoms with E-state index in [9.17, 15) is 31.1 Å². The Morgan fingerprint density at radius 3 is 2.11 bits per heavy atom. The van der Waals surface area contributed by atoms with Gasteiger partial charge in [-0.1, -0.05) is 18.5 Å². The molecule has 4 aromatic rings. The third-order valence-corrected chi connectivity index (χ3v) is 5.66. The average Bonchev–Trinajstić information content (AvgIpc) is 3.21. The van der Waals surface area contributed by atoms with Crippen LogP contribution >= 0.6 is 11.6 Å². The zero-order valence-electron chi connectivity index (χ0n) is 18.4. The first kappa shape index (κ1) is 25.4. The van der Waals surface area contributed by atoms with Gasteiger partial charge in [0.25, 0.3) is 5.91 Å². The van der Waals surface area contributed by atoms with Crippen molar-refractivity contribution in [1.29, 1.82) is 0 Å². The fraction of sp³-hybridized carbons (Fsp3) is 0.160. The van der Waals surface area contributed by atoms with Gasteiger partial charge in [0.15, 0.2) is 5.75 Å². The molecule has 0 atom stereocenters. The van der Waals surface area contributed by atoms with Crippen LogP contribution in [-0.2, 0) is 18.8 Å². The molecule has 0 spiro atoms. The summed E-state index contributed by atoms with van der Waals surface area (Å²) < 4.78 is 88.9. The van der Waals surface area contributed by atoms with Gasteiger partial charge in [-0.15, -0.1) is 0 Å². The number of hydrogen-bond donors (Lipinski definition) is 2. The van der Waals surface area contributed by atoms with Gasteiger partial charge >= 0.3 is 12.4 Å². The van der Waals surface area contributed by atoms with Crippen molar-refractivity contribution < 1.29 is 35.9 Å². The normalized spacial score (nSPS) is 12.1. The van der Waals surface area contributed by atoms with E-state index in [1.54, 1.807) is 6.20 Å². The number of hydrogen-bond acceptors (Lipinski definition) is 2. The van der Waals surface area contributed by atoms with Crippen LogP contribution in [0.5, 0.6) is 11.5 Å². The van der Waals surface area contributed by atoms with Crippen molar-refractivity contribution >= 4 is 34.1 Å². The molecule has 2 N–H and O–H groups in total. The first-order valence-electron chi connectivity index (χ1n) is 10.5. The molecule has 36 heavy (non-hydrogen) atoms. The maximum atomic E-state index is 13.9. The van der Waals surface area contributed by atoms with Crippen LogP contribution in [0.25, 0.3) is 10.9 Å². The van der Waals surface area contributed by atoms with E-state index in [2.05, 4.69) is 10.3 Å². The maximum Gasteiger partial charge on any atom is 0.420 e. The summed E-state index contributed by atoms with van der Waals surface area (Å²) in [5.74, 6) is -2.52. The summed E-state index contributed by atoms with van der Waals surface area (Å²) in [5, 5.41) is 3.00. The monoisotopic (exact) mass is 526 g/mol. The zero-order valence-corrected chi connectivity index (χ0v) is 19.2. The van der Waals surface area contributed by atoms with Gasteiger partial charge < -0.3 is 15.0 Å². The van der Waals surface area contributed by atoms with Gasteiger partial charge in [-0.05, 0) is 66.6 Å². The number of halogens is 7. The van der Waals surface area contributed by atoms with Crippen molar-refractivity contribution in [2.24, 2.45) is 0 Å². The maximum absolute atomic E-state index is 13.9. The van der Waals surface area contributed by atoms with Crippen molar-refractivity contribution in [3.8, 4) is 11.5 Å². The number of rotatable bonds is 5. The minimum Gasteiger partial charge on any atom is -0.456 e. The highest BCUT2D eigenvalue weighted by atomic mass is 35.5. The number of alkyl halides is 6. The number of benzene rings is 3. The van der Waals surface area contributed by atoms with Crippen molar-refractivity contribution in [2.75, 3.05) is 5.32 Å². The Morgan fingerprint density at radius 2 is 1.56 bits per heavy atom. The SMILES string of the molecule is CCc1c[nH]c2ccc(Oc3c(C(F)(F)F)cc(NC(=O)c4ccc(Cl)cc4)cc3C(F)(F)F)cc12. The number of nitrogens with one attached hydrogen (secondary N) is 2. The fourth-order valence-electron chi connectivity index (χ4n) is 3.67. The van der Waals surface area contributed by atoms with Crippen molar-refractivity contribution in [3.05, 3.63) is 88.1 Å². The lowest BCUT2D eigenvalue weighted by molar-refractivity contribution is -0.144. The summed E-state index contributed by atoms with van der Waals surface area (Å²) in [6.07, 6.45) is -8.14. The van der Waals surface area contributed by atoms with Gasteiger partial charge in [0, 0.05) is 33.4 Å². The van der Waals surface area contributed by atoms with E-state index in [0.717, 1.165) is 5.56 Å². The van der Waals surface area contributed by atoms with Crippen LogP contribution in [-0.4, -0.2) is 10.9 Å². The summed E-state index contributed by atoms with van der Waals surface area (Å²) in [4.78, 5) is 15.4. The average molecular weight is 527 g/mol. The summed E-state index contributed by atoms with van der Waals surface area (Å²) >= 11 is 5.75. The highest BCUT2D eigenvalue weighted by Gasteiger charge is 2.43. The molecule has 0 aliphatic carbocycles. The van der Waals surface area contributed by atoms with E-state index < -0.39 is 40.8 Å². The second-order valence-corrected chi connectivity index (χ2v) is 8.27. The van der Waals surface area contributed by atoms with Crippen LogP contribution in [0.3, 0.4) is 0 Å². The molecule has 0 aliphatic heterocycles. The minimum atomic E-state index is -5.22. The molecular weight excluding hydrogens is 510 g/mol. The van der Waals surface area contributed by atoms with E-state index in [0.29, 0.717) is 34.5 Å². The Labute approximate surface area is 205 Å². The second kappa shape index (κ2) is 9.42. The molecular formula is C25H17ClF6N2O2. The molecule has 0 unspecified atom stereocenters. The number of aromatic amines is 1. The first-order valence-corrected chi connectivity index (χ1v) is 10.9. The molecule has 0 radical (unpaired) electrons. The molecule has 4 nitrogen and oxygen atoms in total. The number of carbonyl (C=O) groups is 1. The van der Waals surface area contributed by atoms with Crippen LogP contribution < -0.4 is 10.1 Å². The predicted octanol–water partition coefficient (Wildman–Crippen LogP) is 8.47. The highest BCUT2D eigenvalue weighted by molar-refractivity contribution is 6.30. The summed E-state index contributed by atoms with van der Waals surface area (Å²) in [6, 6.07) is 10.3. The smallest absolute Gasteiger partial charge is 0.420 e.